The molecule has 0 radical (unpaired) electrons. The largest absolute Gasteiger partial charge is 0.508 e. The zero-order chi connectivity index (χ0) is 14.8. The highest BCUT2D eigenvalue weighted by atomic mass is 32.2. The quantitative estimate of drug-likeness (QED) is 0.872. The highest BCUT2D eigenvalue weighted by Gasteiger charge is 2.30. The number of phenolic OH excluding ortho intramolecular Hbond substituents is 1. The van der Waals surface area contributed by atoms with Gasteiger partial charge in [-0.25, -0.2) is 8.42 Å². The van der Waals surface area contributed by atoms with Gasteiger partial charge in [-0.2, -0.15) is 0 Å². The molecule has 0 aliphatic heterocycles. The lowest BCUT2D eigenvalue weighted by atomic mass is 10.1. The highest BCUT2D eigenvalue weighted by molar-refractivity contribution is 7.92. The number of hydrogen-bond acceptors (Lipinski definition) is 4. The number of phenols is 1. The molecule has 0 bridgehead atoms. The van der Waals surface area contributed by atoms with Gasteiger partial charge in [-0.15, -0.1) is 0 Å². The van der Waals surface area contributed by atoms with E-state index in [-0.39, 0.29) is 12.3 Å². The minimum atomic E-state index is -3.26. The van der Waals surface area contributed by atoms with Crippen molar-refractivity contribution in [1.82, 2.24) is 5.32 Å². The molecule has 0 atom stereocenters. The molecule has 0 spiro atoms. The minimum absolute atomic E-state index is 0.0137. The Morgan fingerprint density at radius 2 is 1.95 bits per heavy atom. The van der Waals surface area contributed by atoms with Crippen molar-refractivity contribution in [2.45, 2.75) is 25.5 Å². The highest BCUT2D eigenvalue weighted by Crippen LogP contribution is 2.20. The number of hydrogen-bond donors (Lipinski definition) is 2. The molecule has 5 nitrogen and oxygen atoms in total. The maximum Gasteiger partial charge on any atom is 0.251 e. The average molecular weight is 285 g/mol. The Kier molecular flexibility index (Phi) is 4.25. The molecule has 0 unspecified atom stereocenters. The topological polar surface area (TPSA) is 83.5 Å². The predicted octanol–water partition coefficient (Wildman–Crippen LogP) is 1.25. The van der Waals surface area contributed by atoms with E-state index in [2.05, 4.69) is 5.32 Å². The van der Waals surface area contributed by atoms with E-state index in [4.69, 9.17) is 0 Å². The van der Waals surface area contributed by atoms with Crippen molar-refractivity contribution in [2.75, 3.05) is 12.8 Å². The normalized spacial score (nSPS) is 12.2. The zero-order valence-electron chi connectivity index (χ0n) is 11.5. The summed E-state index contributed by atoms with van der Waals surface area (Å²) in [5.74, 6) is -0.361. The number of rotatable bonds is 4. The molecule has 1 aromatic carbocycles. The lowest BCUT2D eigenvalue weighted by Gasteiger charge is -2.23. The molecule has 0 saturated heterocycles. The smallest absolute Gasteiger partial charge is 0.251 e. The van der Waals surface area contributed by atoms with Crippen LogP contribution in [-0.2, 0) is 9.84 Å². The third-order valence-corrected chi connectivity index (χ3v) is 5.38. The molecule has 1 rings (SSSR count). The summed E-state index contributed by atoms with van der Waals surface area (Å²) in [6.07, 6.45) is 1.14. The molecule has 0 aliphatic carbocycles. The Labute approximate surface area is 113 Å². The second kappa shape index (κ2) is 5.21. The van der Waals surface area contributed by atoms with Crippen LogP contribution < -0.4 is 5.32 Å². The van der Waals surface area contributed by atoms with Gasteiger partial charge in [0, 0.05) is 23.9 Å². The molecule has 19 heavy (non-hydrogen) atoms. The number of carbonyl (C=O) groups excluding carboxylic acids is 1. The minimum Gasteiger partial charge on any atom is -0.508 e. The van der Waals surface area contributed by atoms with Gasteiger partial charge >= 0.3 is 0 Å². The van der Waals surface area contributed by atoms with E-state index in [1.54, 1.807) is 32.9 Å². The molecule has 6 heteroatoms. The van der Waals surface area contributed by atoms with Gasteiger partial charge in [-0.1, -0.05) is 6.07 Å². The van der Waals surface area contributed by atoms with Gasteiger partial charge in [-0.3, -0.25) is 4.79 Å². The fraction of sp³-hybridized carbons (Fsp3) is 0.462. The van der Waals surface area contributed by atoms with Crippen LogP contribution in [0.4, 0.5) is 0 Å². The molecule has 0 heterocycles. The van der Waals surface area contributed by atoms with Crippen molar-refractivity contribution in [3.05, 3.63) is 29.3 Å². The fourth-order valence-electron chi connectivity index (χ4n) is 1.39. The van der Waals surface area contributed by atoms with Crippen molar-refractivity contribution in [2.24, 2.45) is 0 Å². The first kappa shape index (κ1) is 15.5. The number of carbonyl (C=O) groups is 1. The van der Waals surface area contributed by atoms with Crippen LogP contribution in [0.25, 0.3) is 0 Å². The van der Waals surface area contributed by atoms with Gasteiger partial charge in [0.1, 0.15) is 5.75 Å². The summed E-state index contributed by atoms with van der Waals surface area (Å²) in [4.78, 5) is 12.0. The van der Waals surface area contributed by atoms with Gasteiger partial charge in [-0.05, 0) is 32.9 Å². The molecule has 0 fully saturated rings. The van der Waals surface area contributed by atoms with Gasteiger partial charge in [0.15, 0.2) is 9.84 Å². The third kappa shape index (κ3) is 3.47. The van der Waals surface area contributed by atoms with Gasteiger partial charge in [0.05, 0.1) is 4.75 Å². The van der Waals surface area contributed by atoms with Crippen LogP contribution in [0.1, 0.15) is 29.8 Å². The number of nitrogens with one attached hydrogen (secondary N) is 1. The number of sulfone groups is 1. The maximum absolute atomic E-state index is 12.0. The van der Waals surface area contributed by atoms with E-state index in [0.717, 1.165) is 6.26 Å². The Hall–Kier alpha value is -1.56. The summed E-state index contributed by atoms with van der Waals surface area (Å²) >= 11 is 0. The second-order valence-electron chi connectivity index (χ2n) is 5.16. The summed E-state index contributed by atoms with van der Waals surface area (Å²) < 4.78 is 22.0. The summed E-state index contributed by atoms with van der Waals surface area (Å²) in [6, 6.07) is 4.64. The molecule has 1 amide bonds. The zero-order valence-corrected chi connectivity index (χ0v) is 12.3. The van der Waals surface area contributed by atoms with Crippen molar-refractivity contribution in [3.8, 4) is 5.75 Å². The van der Waals surface area contributed by atoms with E-state index in [1.165, 1.54) is 6.07 Å². The van der Waals surface area contributed by atoms with E-state index >= 15 is 0 Å². The number of amides is 1. The lowest BCUT2D eigenvalue weighted by molar-refractivity contribution is 0.0949. The monoisotopic (exact) mass is 285 g/mol. The van der Waals surface area contributed by atoms with Crippen LogP contribution in [0.3, 0.4) is 0 Å². The fourth-order valence-corrected chi connectivity index (χ4v) is 1.72. The van der Waals surface area contributed by atoms with Crippen LogP contribution in [0.5, 0.6) is 5.75 Å². The third-order valence-electron chi connectivity index (χ3n) is 3.23. The summed E-state index contributed by atoms with van der Waals surface area (Å²) in [6.45, 7) is 4.75. The first-order chi connectivity index (χ1) is 8.56. The van der Waals surface area contributed by atoms with Crippen LogP contribution in [0.2, 0.25) is 0 Å². The first-order valence-electron chi connectivity index (χ1n) is 5.82. The van der Waals surface area contributed by atoms with Crippen molar-refractivity contribution < 1.29 is 18.3 Å². The van der Waals surface area contributed by atoms with E-state index in [1.807, 2.05) is 0 Å². The van der Waals surface area contributed by atoms with Gasteiger partial charge in [0.25, 0.3) is 5.91 Å². The van der Waals surface area contributed by atoms with Gasteiger partial charge in [0.2, 0.25) is 0 Å². The SMILES string of the molecule is Cc1c(O)cccc1C(=O)NCC(C)(C)S(C)(=O)=O. The summed E-state index contributed by atoms with van der Waals surface area (Å²) in [5.41, 5.74) is 0.807. The van der Waals surface area contributed by atoms with E-state index < -0.39 is 20.5 Å². The van der Waals surface area contributed by atoms with Gasteiger partial charge < -0.3 is 10.4 Å². The molecular formula is C13H19NO4S. The number of aromatic hydroxyl groups is 1. The van der Waals surface area contributed by atoms with E-state index in [9.17, 15) is 18.3 Å². The molecule has 2 N–H and O–H groups in total. The Bertz CT molecular complexity index is 591. The van der Waals surface area contributed by atoms with E-state index in [0.29, 0.717) is 11.1 Å². The predicted molar refractivity (Wildman–Crippen MR) is 74.1 cm³/mol. The Morgan fingerprint density at radius 1 is 1.37 bits per heavy atom. The number of benzene rings is 1. The Morgan fingerprint density at radius 3 is 2.47 bits per heavy atom. The van der Waals surface area contributed by atoms with Crippen LogP contribution in [0.15, 0.2) is 18.2 Å². The maximum atomic E-state index is 12.0. The molecular weight excluding hydrogens is 266 g/mol. The molecule has 1 aromatic rings. The molecule has 0 saturated carbocycles. The molecule has 0 aromatic heterocycles. The lowest BCUT2D eigenvalue weighted by Crippen LogP contribution is -2.43. The average Bonchev–Trinajstić information content (AvgIpc) is 2.28. The van der Waals surface area contributed by atoms with Crippen molar-refractivity contribution in [1.29, 1.82) is 0 Å². The summed E-state index contributed by atoms with van der Waals surface area (Å²) in [7, 11) is -3.26. The van der Waals surface area contributed by atoms with Crippen LogP contribution >= 0.6 is 0 Å². The summed E-state index contributed by atoms with van der Waals surface area (Å²) in [5, 5.41) is 12.1. The molecule has 106 valence electrons. The molecule has 0 aliphatic rings. The standard InChI is InChI=1S/C13H19NO4S/c1-9-10(6-5-7-11(9)15)12(16)14-8-13(2,3)19(4,17)18/h5-7,15H,8H2,1-4H3,(H,14,16). The second-order valence-corrected chi connectivity index (χ2v) is 7.81. The van der Waals surface area contributed by atoms with Crippen LogP contribution in [0, 0.1) is 6.92 Å². The Balaban J connectivity index is 2.85. The first-order valence-corrected chi connectivity index (χ1v) is 7.72. The van der Waals surface area contributed by atoms with Crippen LogP contribution in [-0.4, -0.2) is 37.0 Å². The van der Waals surface area contributed by atoms with Crippen molar-refractivity contribution >= 4 is 15.7 Å². The van der Waals surface area contributed by atoms with Crippen molar-refractivity contribution in [3.63, 3.8) is 0 Å².